The Morgan fingerprint density at radius 2 is 1.91 bits per heavy atom. The average Bonchev–Trinajstić information content (AvgIpc) is 2.49. The molecular formula is C14H11ClN4O2S. The number of benzene rings is 2. The molecule has 0 radical (unpaired) electrons. The predicted octanol–water partition coefficient (Wildman–Crippen LogP) is 3.57. The van der Waals surface area contributed by atoms with Gasteiger partial charge in [-0.15, -0.1) is 0 Å². The third-order valence-electron chi connectivity index (χ3n) is 2.60. The largest absolute Gasteiger partial charge is 0.326 e. The lowest BCUT2D eigenvalue weighted by molar-refractivity contribution is -0.383. The van der Waals surface area contributed by atoms with E-state index in [0.29, 0.717) is 10.7 Å². The van der Waals surface area contributed by atoms with Gasteiger partial charge in [0.25, 0.3) is 5.69 Å². The molecule has 0 amide bonds. The Morgan fingerprint density at radius 3 is 2.59 bits per heavy atom. The summed E-state index contributed by atoms with van der Waals surface area (Å²) in [6, 6.07) is 13.3. The van der Waals surface area contributed by atoms with Crippen molar-refractivity contribution in [2.24, 2.45) is 5.10 Å². The second-order valence-corrected chi connectivity index (χ2v) is 4.99. The SMILES string of the molecule is O=[N+]([O-])c1ccccc1NC(=S)N/N=C\c1ccc(Cl)cc1. The highest BCUT2D eigenvalue weighted by Gasteiger charge is 2.12. The molecule has 0 aliphatic heterocycles. The molecule has 0 aromatic heterocycles. The zero-order valence-electron chi connectivity index (χ0n) is 11.2. The maximum Gasteiger partial charge on any atom is 0.292 e. The average molecular weight is 335 g/mol. The Kier molecular flexibility index (Phi) is 5.40. The Balaban J connectivity index is 1.96. The number of nitro benzene ring substituents is 1. The number of thiocarbonyl (C=S) groups is 1. The molecule has 0 spiro atoms. The van der Waals surface area contributed by atoms with Crippen LogP contribution in [0.15, 0.2) is 53.6 Å². The second kappa shape index (κ2) is 7.48. The lowest BCUT2D eigenvalue weighted by atomic mass is 10.2. The number of anilines is 1. The van der Waals surface area contributed by atoms with E-state index in [1.54, 1.807) is 48.7 Å². The summed E-state index contributed by atoms with van der Waals surface area (Å²) in [5.41, 5.74) is 3.67. The summed E-state index contributed by atoms with van der Waals surface area (Å²) >= 11 is 10.8. The fourth-order valence-electron chi connectivity index (χ4n) is 1.60. The molecule has 0 unspecified atom stereocenters. The molecule has 0 aliphatic carbocycles. The van der Waals surface area contributed by atoms with Crippen LogP contribution in [0.25, 0.3) is 0 Å². The fourth-order valence-corrected chi connectivity index (χ4v) is 1.89. The number of hydrogen-bond acceptors (Lipinski definition) is 4. The van der Waals surface area contributed by atoms with Gasteiger partial charge in [-0.05, 0) is 36.0 Å². The van der Waals surface area contributed by atoms with Gasteiger partial charge in [-0.2, -0.15) is 5.10 Å². The van der Waals surface area contributed by atoms with E-state index in [1.807, 2.05) is 0 Å². The van der Waals surface area contributed by atoms with Crippen molar-refractivity contribution in [3.8, 4) is 0 Å². The van der Waals surface area contributed by atoms with E-state index < -0.39 is 4.92 Å². The van der Waals surface area contributed by atoms with E-state index in [0.717, 1.165) is 5.56 Å². The van der Waals surface area contributed by atoms with Gasteiger partial charge in [0.05, 0.1) is 11.1 Å². The minimum absolute atomic E-state index is 0.0617. The molecule has 0 saturated heterocycles. The fraction of sp³-hybridized carbons (Fsp3) is 0. The number of nitrogens with zero attached hydrogens (tertiary/aromatic N) is 2. The zero-order chi connectivity index (χ0) is 15.9. The van der Waals surface area contributed by atoms with Crippen molar-refractivity contribution in [2.45, 2.75) is 0 Å². The standard InChI is InChI=1S/C14H11ClN4O2S/c15-11-7-5-10(6-8-11)9-16-18-14(22)17-12-3-1-2-4-13(12)19(20)21/h1-9H,(H2,17,18,22)/b16-9-. The molecule has 2 N–H and O–H groups in total. The highest BCUT2D eigenvalue weighted by Crippen LogP contribution is 2.22. The number of nitro groups is 1. The first-order valence-corrected chi connectivity index (χ1v) is 6.94. The first-order chi connectivity index (χ1) is 10.6. The molecule has 2 aromatic carbocycles. The highest BCUT2D eigenvalue weighted by atomic mass is 35.5. The van der Waals surface area contributed by atoms with E-state index in [9.17, 15) is 10.1 Å². The van der Waals surface area contributed by atoms with Gasteiger partial charge in [0.2, 0.25) is 0 Å². The first-order valence-electron chi connectivity index (χ1n) is 6.15. The van der Waals surface area contributed by atoms with Crippen LogP contribution in [0, 0.1) is 10.1 Å². The van der Waals surface area contributed by atoms with E-state index >= 15 is 0 Å². The second-order valence-electron chi connectivity index (χ2n) is 4.15. The van der Waals surface area contributed by atoms with E-state index in [4.69, 9.17) is 23.8 Å². The number of halogens is 1. The number of hydrazone groups is 1. The molecule has 0 aliphatic rings. The van der Waals surface area contributed by atoms with E-state index in [2.05, 4.69) is 15.8 Å². The molecular weight excluding hydrogens is 324 g/mol. The Bertz CT molecular complexity index is 719. The van der Waals surface area contributed by atoms with Crippen LogP contribution in [0.3, 0.4) is 0 Å². The predicted molar refractivity (Wildman–Crippen MR) is 91.5 cm³/mol. The van der Waals surface area contributed by atoms with E-state index in [1.165, 1.54) is 6.07 Å². The van der Waals surface area contributed by atoms with Crippen LogP contribution < -0.4 is 10.7 Å². The summed E-state index contributed by atoms with van der Waals surface area (Å²) < 4.78 is 0. The molecule has 0 atom stereocenters. The van der Waals surface area contributed by atoms with E-state index in [-0.39, 0.29) is 10.8 Å². The lowest BCUT2D eigenvalue weighted by Gasteiger charge is -2.07. The summed E-state index contributed by atoms with van der Waals surface area (Å²) in [5, 5.41) is 18.4. The summed E-state index contributed by atoms with van der Waals surface area (Å²) in [7, 11) is 0. The monoisotopic (exact) mass is 334 g/mol. The van der Waals surface area contributed by atoms with Gasteiger partial charge in [-0.25, -0.2) is 0 Å². The minimum atomic E-state index is -0.484. The molecule has 0 fully saturated rings. The van der Waals surface area contributed by atoms with Crippen LogP contribution in [-0.2, 0) is 0 Å². The Morgan fingerprint density at radius 1 is 1.23 bits per heavy atom. The molecule has 0 saturated carbocycles. The molecule has 112 valence electrons. The van der Waals surface area contributed by atoms with Crippen molar-refractivity contribution in [1.29, 1.82) is 0 Å². The maximum absolute atomic E-state index is 10.9. The van der Waals surface area contributed by atoms with Crippen molar-refractivity contribution < 1.29 is 4.92 Å². The molecule has 0 bridgehead atoms. The van der Waals surface area contributed by atoms with Crippen molar-refractivity contribution >= 4 is 46.5 Å². The Labute approximate surface area is 136 Å². The van der Waals surface area contributed by atoms with Crippen molar-refractivity contribution in [3.63, 3.8) is 0 Å². The number of para-hydroxylation sites is 2. The van der Waals surface area contributed by atoms with Gasteiger partial charge >= 0.3 is 0 Å². The van der Waals surface area contributed by atoms with Crippen LogP contribution in [-0.4, -0.2) is 16.3 Å². The van der Waals surface area contributed by atoms with Crippen LogP contribution >= 0.6 is 23.8 Å². The number of nitrogens with one attached hydrogen (secondary N) is 2. The van der Waals surface area contributed by atoms with Crippen molar-refractivity contribution in [1.82, 2.24) is 5.43 Å². The molecule has 0 heterocycles. The van der Waals surface area contributed by atoms with Gasteiger partial charge in [0, 0.05) is 11.1 Å². The normalized spacial score (nSPS) is 10.4. The van der Waals surface area contributed by atoms with Gasteiger partial charge in [0.1, 0.15) is 5.69 Å². The number of hydrogen-bond donors (Lipinski definition) is 2. The lowest BCUT2D eigenvalue weighted by Crippen LogP contribution is -2.24. The van der Waals surface area contributed by atoms with Crippen LogP contribution in [0.1, 0.15) is 5.56 Å². The topological polar surface area (TPSA) is 79.6 Å². The molecule has 6 nitrogen and oxygen atoms in total. The van der Waals surface area contributed by atoms with Crippen LogP contribution in [0.5, 0.6) is 0 Å². The summed E-state index contributed by atoms with van der Waals surface area (Å²) in [6.07, 6.45) is 1.56. The van der Waals surface area contributed by atoms with Crippen LogP contribution in [0.2, 0.25) is 5.02 Å². The summed E-state index contributed by atoms with van der Waals surface area (Å²) in [6.45, 7) is 0. The molecule has 8 heteroatoms. The van der Waals surface area contributed by atoms with Gasteiger partial charge in [0.15, 0.2) is 5.11 Å². The summed E-state index contributed by atoms with van der Waals surface area (Å²) in [4.78, 5) is 10.4. The van der Waals surface area contributed by atoms with Crippen molar-refractivity contribution in [3.05, 3.63) is 69.2 Å². The smallest absolute Gasteiger partial charge is 0.292 e. The molecule has 2 rings (SSSR count). The number of rotatable bonds is 4. The third-order valence-corrected chi connectivity index (χ3v) is 3.04. The Hall–Kier alpha value is -2.51. The van der Waals surface area contributed by atoms with Gasteiger partial charge in [-0.3, -0.25) is 15.5 Å². The highest BCUT2D eigenvalue weighted by molar-refractivity contribution is 7.80. The van der Waals surface area contributed by atoms with Crippen LogP contribution in [0.4, 0.5) is 11.4 Å². The molecule has 2 aromatic rings. The van der Waals surface area contributed by atoms with Crippen molar-refractivity contribution in [2.75, 3.05) is 5.32 Å². The minimum Gasteiger partial charge on any atom is -0.326 e. The summed E-state index contributed by atoms with van der Waals surface area (Å²) in [5.74, 6) is 0. The third kappa shape index (κ3) is 4.51. The van der Waals surface area contributed by atoms with Gasteiger partial charge in [-0.1, -0.05) is 35.9 Å². The quantitative estimate of drug-likeness (QED) is 0.387. The molecule has 22 heavy (non-hydrogen) atoms. The first kappa shape index (κ1) is 15.9. The van der Waals surface area contributed by atoms with Gasteiger partial charge < -0.3 is 5.32 Å². The maximum atomic E-state index is 10.9. The zero-order valence-corrected chi connectivity index (χ0v) is 12.8.